The Morgan fingerprint density at radius 1 is 1.36 bits per heavy atom. The zero-order valence-electron chi connectivity index (χ0n) is 8.43. The Hall–Kier alpha value is -1.04. The van der Waals surface area contributed by atoms with E-state index in [4.69, 9.17) is 5.73 Å². The summed E-state index contributed by atoms with van der Waals surface area (Å²) in [5.41, 5.74) is 3.90. The van der Waals surface area contributed by atoms with E-state index in [1.165, 1.54) is 13.8 Å². The number of nitrogens with zero attached hydrogens (tertiary/aromatic N) is 2. The third kappa shape index (κ3) is 1.75. The van der Waals surface area contributed by atoms with Gasteiger partial charge in [-0.25, -0.2) is 13.8 Å². The van der Waals surface area contributed by atoms with Crippen LogP contribution in [0.2, 0.25) is 0 Å². The van der Waals surface area contributed by atoms with Crippen molar-refractivity contribution < 1.29 is 8.78 Å². The molecule has 0 aromatic carbocycles. The van der Waals surface area contributed by atoms with Crippen molar-refractivity contribution in [2.75, 3.05) is 0 Å². The highest BCUT2D eigenvalue weighted by molar-refractivity contribution is 5.09. The number of hydrogen-bond acceptors (Lipinski definition) is 3. The Morgan fingerprint density at radius 3 is 2.29 bits per heavy atom. The standard InChI is InChI=1S/C8H14F2N4/c1-7(2,8(3,9)10)6-12-5(4-11)13-14-6/h4,11H2,1-3H3,(H,12,13,14). The van der Waals surface area contributed by atoms with Gasteiger partial charge in [-0.1, -0.05) is 0 Å². The van der Waals surface area contributed by atoms with E-state index in [2.05, 4.69) is 15.2 Å². The first kappa shape index (κ1) is 11.0. The Kier molecular flexibility index (Phi) is 2.58. The van der Waals surface area contributed by atoms with Gasteiger partial charge in [0.05, 0.1) is 12.0 Å². The van der Waals surface area contributed by atoms with Gasteiger partial charge in [-0.05, 0) is 13.8 Å². The van der Waals surface area contributed by atoms with Crippen LogP contribution < -0.4 is 5.73 Å². The Morgan fingerprint density at radius 2 is 1.93 bits per heavy atom. The van der Waals surface area contributed by atoms with E-state index in [0.29, 0.717) is 5.82 Å². The molecule has 3 N–H and O–H groups in total. The van der Waals surface area contributed by atoms with Crippen molar-refractivity contribution in [1.29, 1.82) is 0 Å². The molecule has 0 unspecified atom stereocenters. The molecule has 0 bridgehead atoms. The fourth-order valence-electron chi connectivity index (χ4n) is 0.862. The lowest BCUT2D eigenvalue weighted by Crippen LogP contribution is -2.38. The summed E-state index contributed by atoms with van der Waals surface area (Å²) in [6.45, 7) is 3.82. The van der Waals surface area contributed by atoms with Crippen LogP contribution in [0, 0.1) is 0 Å². The van der Waals surface area contributed by atoms with Gasteiger partial charge in [0.25, 0.3) is 5.92 Å². The van der Waals surface area contributed by atoms with Gasteiger partial charge in [0.2, 0.25) is 0 Å². The number of aromatic nitrogens is 3. The Bertz CT molecular complexity index is 313. The quantitative estimate of drug-likeness (QED) is 0.777. The summed E-state index contributed by atoms with van der Waals surface area (Å²) in [5.74, 6) is -2.37. The highest BCUT2D eigenvalue weighted by Gasteiger charge is 2.46. The van der Waals surface area contributed by atoms with E-state index in [1.54, 1.807) is 0 Å². The Balaban J connectivity index is 3.04. The van der Waals surface area contributed by atoms with E-state index in [-0.39, 0.29) is 12.4 Å². The van der Waals surface area contributed by atoms with Crippen molar-refractivity contribution in [3.05, 3.63) is 11.6 Å². The summed E-state index contributed by atoms with van der Waals surface area (Å²) in [5, 5.41) is 6.24. The molecule has 4 nitrogen and oxygen atoms in total. The van der Waals surface area contributed by atoms with Gasteiger partial charge >= 0.3 is 0 Å². The van der Waals surface area contributed by atoms with Crippen molar-refractivity contribution in [2.24, 2.45) is 5.73 Å². The second-order valence-corrected chi connectivity index (χ2v) is 3.82. The summed E-state index contributed by atoms with van der Waals surface area (Å²) >= 11 is 0. The first-order chi connectivity index (χ1) is 6.29. The molecule has 0 aliphatic heterocycles. The van der Waals surface area contributed by atoms with Gasteiger partial charge in [-0.3, -0.25) is 5.10 Å². The van der Waals surface area contributed by atoms with Gasteiger partial charge in [0, 0.05) is 6.92 Å². The molecule has 1 heterocycles. The lowest BCUT2D eigenvalue weighted by molar-refractivity contribution is -0.0501. The maximum Gasteiger partial charge on any atom is 0.257 e. The molecule has 6 heteroatoms. The molecule has 0 radical (unpaired) electrons. The topological polar surface area (TPSA) is 67.6 Å². The van der Waals surface area contributed by atoms with Crippen LogP contribution in [0.3, 0.4) is 0 Å². The van der Waals surface area contributed by atoms with Gasteiger partial charge in [-0.2, -0.15) is 5.10 Å². The highest BCUT2D eigenvalue weighted by Crippen LogP contribution is 2.36. The van der Waals surface area contributed by atoms with Crippen molar-refractivity contribution in [2.45, 2.75) is 38.7 Å². The number of hydrogen-bond donors (Lipinski definition) is 2. The van der Waals surface area contributed by atoms with Crippen molar-refractivity contribution >= 4 is 0 Å². The summed E-state index contributed by atoms with van der Waals surface area (Å²) in [4.78, 5) is 3.90. The number of nitrogens with two attached hydrogens (primary N) is 1. The van der Waals surface area contributed by atoms with Crippen LogP contribution in [0.4, 0.5) is 8.78 Å². The first-order valence-electron chi connectivity index (χ1n) is 4.28. The lowest BCUT2D eigenvalue weighted by atomic mass is 9.86. The fraction of sp³-hybridized carbons (Fsp3) is 0.750. The van der Waals surface area contributed by atoms with Gasteiger partial charge < -0.3 is 5.73 Å². The zero-order valence-corrected chi connectivity index (χ0v) is 8.43. The molecular formula is C8H14F2N4. The van der Waals surface area contributed by atoms with Crippen molar-refractivity contribution in [1.82, 2.24) is 15.2 Å². The summed E-state index contributed by atoms with van der Waals surface area (Å²) < 4.78 is 26.3. The Labute approximate surface area is 80.9 Å². The molecule has 0 saturated carbocycles. The van der Waals surface area contributed by atoms with E-state index >= 15 is 0 Å². The van der Waals surface area contributed by atoms with E-state index in [1.807, 2.05) is 0 Å². The fourth-order valence-corrected chi connectivity index (χ4v) is 0.862. The number of alkyl halides is 2. The van der Waals surface area contributed by atoms with Crippen LogP contribution >= 0.6 is 0 Å². The number of halogens is 2. The van der Waals surface area contributed by atoms with E-state index in [9.17, 15) is 8.78 Å². The molecule has 0 fully saturated rings. The van der Waals surface area contributed by atoms with Gasteiger partial charge in [-0.15, -0.1) is 0 Å². The first-order valence-corrected chi connectivity index (χ1v) is 4.28. The summed E-state index contributed by atoms with van der Waals surface area (Å²) in [6.07, 6.45) is 0. The summed E-state index contributed by atoms with van der Waals surface area (Å²) in [6, 6.07) is 0. The predicted octanol–water partition coefficient (Wildman–Crippen LogP) is 1.20. The van der Waals surface area contributed by atoms with Crippen LogP contribution in [0.15, 0.2) is 0 Å². The molecule has 0 atom stereocenters. The van der Waals surface area contributed by atoms with Gasteiger partial charge in [0.1, 0.15) is 5.82 Å². The van der Waals surface area contributed by atoms with Crippen molar-refractivity contribution in [3.8, 4) is 0 Å². The minimum Gasteiger partial charge on any atom is -0.324 e. The molecule has 1 aromatic rings. The molecule has 0 saturated heterocycles. The smallest absolute Gasteiger partial charge is 0.257 e. The number of nitrogens with one attached hydrogen (secondary N) is 1. The monoisotopic (exact) mass is 204 g/mol. The van der Waals surface area contributed by atoms with Crippen molar-refractivity contribution in [3.63, 3.8) is 0 Å². The minimum atomic E-state index is -2.87. The lowest BCUT2D eigenvalue weighted by Gasteiger charge is -2.28. The predicted molar refractivity (Wildman–Crippen MR) is 47.9 cm³/mol. The summed E-state index contributed by atoms with van der Waals surface area (Å²) in [7, 11) is 0. The molecule has 80 valence electrons. The SMILES string of the molecule is CC(F)(F)C(C)(C)c1n[nH]c(CN)n1. The second-order valence-electron chi connectivity index (χ2n) is 3.82. The van der Waals surface area contributed by atoms with Crippen LogP contribution in [0.1, 0.15) is 32.4 Å². The second kappa shape index (κ2) is 3.27. The van der Waals surface area contributed by atoms with E-state index < -0.39 is 11.3 Å². The third-order valence-corrected chi connectivity index (χ3v) is 2.38. The molecule has 1 aromatic heterocycles. The number of rotatable bonds is 3. The third-order valence-electron chi connectivity index (χ3n) is 2.38. The van der Waals surface area contributed by atoms with Crippen LogP contribution in [0.5, 0.6) is 0 Å². The molecule has 0 aliphatic rings. The highest BCUT2D eigenvalue weighted by atomic mass is 19.3. The minimum absolute atomic E-state index is 0.0884. The molecule has 1 rings (SSSR count). The molecule has 0 amide bonds. The number of H-pyrrole nitrogens is 1. The maximum atomic E-state index is 13.2. The molecule has 14 heavy (non-hydrogen) atoms. The molecule has 0 spiro atoms. The average Bonchev–Trinajstić information content (AvgIpc) is 2.49. The van der Waals surface area contributed by atoms with Crippen LogP contribution in [-0.4, -0.2) is 21.1 Å². The number of aromatic amines is 1. The zero-order chi connectivity index (χ0) is 11.0. The van der Waals surface area contributed by atoms with Crippen LogP contribution in [-0.2, 0) is 12.0 Å². The largest absolute Gasteiger partial charge is 0.324 e. The molecule has 0 aliphatic carbocycles. The molecular weight excluding hydrogens is 190 g/mol. The maximum absolute atomic E-state index is 13.2. The van der Waals surface area contributed by atoms with Crippen LogP contribution in [0.25, 0.3) is 0 Å². The van der Waals surface area contributed by atoms with Gasteiger partial charge in [0.15, 0.2) is 5.82 Å². The van der Waals surface area contributed by atoms with E-state index in [0.717, 1.165) is 6.92 Å². The average molecular weight is 204 g/mol. The normalized spacial score (nSPS) is 13.3.